The van der Waals surface area contributed by atoms with E-state index in [0.717, 1.165) is 70.8 Å². The van der Waals surface area contributed by atoms with Gasteiger partial charge in [0, 0.05) is 70.2 Å². The lowest BCUT2D eigenvalue weighted by Crippen LogP contribution is -2.36. The van der Waals surface area contributed by atoms with E-state index in [2.05, 4.69) is 41.1 Å². The molecule has 7 heterocycles. The first kappa shape index (κ1) is 75.6. The number of aromatic nitrogens is 5. The summed E-state index contributed by atoms with van der Waals surface area (Å²) in [6.07, 6.45) is 2.55. The standard InChI is InChI=1S/C63H63N19O17S6/c1-7-77(8-2)47-29-43(45(31-49(47)96-5)73-75-62-68-53(79-15-19-98-20-16-79)51(101-62)25-35(33-64)81-55(83)39-13-11-37(104(90,91)92)27-41(39)57(81)85)66-59-70-60(72-61(71-59)100-23-24-103(87,88)89)67-44-30-48(78(9-3)10-4)50(97-6)32-46(44)74-76-63-69-54(80-17-21-99-22-18-80)52(102-63)26-36(34-65)82-56(84)40-14-12-38(105(93,94)95)28-42(40)58(82)86/h11-14,25-32H,7-10,15-24H2,1-6H3,(H,87,88,89)(H,90,91,92)(H,93,94,95)(H2,66,67,70,71,72)/b35-25+,36-26+,75-73?,76-74?. The molecule has 548 valence electrons. The Bertz CT molecular complexity index is 4910. The first-order chi connectivity index (χ1) is 50.2. The van der Waals surface area contributed by atoms with Crippen LogP contribution in [-0.4, -0.2) is 202 Å². The minimum absolute atomic E-state index is 0.0268. The highest BCUT2D eigenvalue weighted by Crippen LogP contribution is 2.45. The molecule has 4 aliphatic rings. The summed E-state index contributed by atoms with van der Waals surface area (Å²) in [5.41, 5.74) is -0.118. The van der Waals surface area contributed by atoms with Gasteiger partial charge in [-0.2, -0.15) is 60.7 Å². The first-order valence-corrected chi connectivity index (χ1v) is 38.9. The van der Waals surface area contributed by atoms with Crippen molar-refractivity contribution in [3.63, 3.8) is 0 Å². The molecule has 0 atom stereocenters. The van der Waals surface area contributed by atoms with Crippen LogP contribution in [0.4, 0.5) is 67.9 Å². The second kappa shape index (κ2) is 31.8. The number of thiazole rings is 2. The molecule has 4 aromatic carbocycles. The maximum absolute atomic E-state index is 13.8. The topological polar surface area (TPSA) is 473 Å². The van der Waals surface area contributed by atoms with Crippen molar-refractivity contribution in [2.24, 2.45) is 20.5 Å². The van der Waals surface area contributed by atoms with Gasteiger partial charge < -0.3 is 49.2 Å². The molecule has 11 rings (SSSR count). The molecule has 2 saturated heterocycles. The third kappa shape index (κ3) is 16.7. The van der Waals surface area contributed by atoms with E-state index in [9.17, 15) is 68.6 Å². The highest BCUT2D eigenvalue weighted by atomic mass is 32.2. The van der Waals surface area contributed by atoms with Gasteiger partial charge in [-0.05, 0) is 88.4 Å². The van der Waals surface area contributed by atoms with E-state index in [4.69, 9.17) is 33.9 Å². The molecule has 36 nitrogen and oxygen atoms in total. The van der Waals surface area contributed by atoms with Crippen molar-refractivity contribution in [3.05, 3.63) is 104 Å². The van der Waals surface area contributed by atoms with Gasteiger partial charge in [0.25, 0.3) is 54.0 Å². The summed E-state index contributed by atoms with van der Waals surface area (Å²) in [5.74, 6) is -3.75. The summed E-state index contributed by atoms with van der Waals surface area (Å²) >= 11 is 2.76. The second-order valence-corrected chi connectivity index (χ2v) is 30.1. The van der Waals surface area contributed by atoms with Gasteiger partial charge in [-0.3, -0.25) is 32.8 Å². The molecule has 0 aliphatic carbocycles. The molecule has 0 unspecified atom stereocenters. The monoisotopic (exact) mass is 1550 g/mol. The van der Waals surface area contributed by atoms with Gasteiger partial charge in [0.1, 0.15) is 58.0 Å². The lowest BCUT2D eigenvalue weighted by Gasteiger charge is -2.27. The van der Waals surface area contributed by atoms with E-state index in [-0.39, 0.29) is 87.8 Å². The molecule has 7 aromatic rings. The Labute approximate surface area is 612 Å². The van der Waals surface area contributed by atoms with Gasteiger partial charge >= 0.3 is 0 Å². The molecule has 5 N–H and O–H groups in total. The number of carbonyl (C=O) groups excluding carboxylic acids is 4. The number of nitriles is 2. The number of hydrogen-bond acceptors (Lipinski definition) is 34. The molecule has 0 bridgehead atoms. The van der Waals surface area contributed by atoms with Gasteiger partial charge in [-0.15, -0.1) is 20.5 Å². The number of fused-ring (bicyclic) bond motifs is 2. The molecule has 105 heavy (non-hydrogen) atoms. The average molecular weight is 1550 g/mol. The van der Waals surface area contributed by atoms with Crippen LogP contribution in [0.1, 0.15) is 78.9 Å². The van der Waals surface area contributed by atoms with Crippen LogP contribution in [-0.2, 0) is 39.8 Å². The van der Waals surface area contributed by atoms with Crippen LogP contribution < -0.4 is 39.7 Å². The van der Waals surface area contributed by atoms with Crippen molar-refractivity contribution < 1.29 is 77.0 Å². The predicted octanol–water partition coefficient (Wildman–Crippen LogP) is 9.28. The summed E-state index contributed by atoms with van der Waals surface area (Å²) in [7, 11) is -11.1. The Hall–Kier alpha value is -10.5. The number of ether oxygens (including phenoxy) is 4. The number of rotatable bonds is 28. The summed E-state index contributed by atoms with van der Waals surface area (Å²) in [5, 5.41) is 46.1. The lowest BCUT2D eigenvalue weighted by molar-refractivity contribution is 0.0696. The molecule has 4 amide bonds. The zero-order valence-corrected chi connectivity index (χ0v) is 61.3. The molecule has 42 heteroatoms. The molecule has 0 radical (unpaired) electrons. The maximum atomic E-state index is 13.8. The van der Waals surface area contributed by atoms with Crippen molar-refractivity contribution in [2.45, 2.75) is 42.6 Å². The van der Waals surface area contributed by atoms with Crippen LogP contribution in [0.15, 0.2) is 107 Å². The number of thioether (sulfide) groups is 1. The van der Waals surface area contributed by atoms with Crippen molar-refractivity contribution in [3.8, 4) is 23.6 Å². The smallest absolute Gasteiger partial charge is 0.294 e. The van der Waals surface area contributed by atoms with E-state index in [1.54, 1.807) is 24.3 Å². The first-order valence-electron chi connectivity index (χ1n) is 31.8. The number of morpholine rings is 2. The van der Waals surface area contributed by atoms with Crippen LogP contribution in [0.5, 0.6) is 11.5 Å². The van der Waals surface area contributed by atoms with E-state index >= 15 is 0 Å². The minimum atomic E-state index is -4.78. The summed E-state index contributed by atoms with van der Waals surface area (Å²) < 4.78 is 125. The Morgan fingerprint density at radius 3 is 1.32 bits per heavy atom. The Morgan fingerprint density at radius 1 is 0.581 bits per heavy atom. The number of benzene rings is 4. The molecule has 0 saturated carbocycles. The van der Waals surface area contributed by atoms with E-state index in [1.165, 1.54) is 26.4 Å². The normalized spacial score (nSPS) is 15.2. The molecule has 0 spiro atoms. The molecular weight excluding hydrogens is 1490 g/mol. The average Bonchev–Trinajstić information content (AvgIpc) is 1.65. The number of hydrogen-bond donors (Lipinski definition) is 5. The molecule has 2 fully saturated rings. The Balaban J connectivity index is 0.981. The fourth-order valence-electron chi connectivity index (χ4n) is 11.3. The summed E-state index contributed by atoms with van der Waals surface area (Å²) in [6.45, 7) is 12.4. The number of allylic oxidation sites excluding steroid dienone is 2. The summed E-state index contributed by atoms with van der Waals surface area (Å²) in [4.78, 5) is 87.1. The molecule has 3 aromatic heterocycles. The third-order valence-electron chi connectivity index (χ3n) is 16.4. The van der Waals surface area contributed by atoms with E-state index < -0.39 is 80.9 Å². The number of azo groups is 2. The van der Waals surface area contributed by atoms with Crippen molar-refractivity contribution in [1.82, 2.24) is 34.7 Å². The van der Waals surface area contributed by atoms with Gasteiger partial charge in [-0.1, -0.05) is 34.4 Å². The fraction of sp³-hybridized carbons (Fsp3) is 0.317. The number of nitrogens with one attached hydrogen (secondary N) is 2. The fourth-order valence-corrected chi connectivity index (χ4v) is 15.6. The molecule has 4 aliphatic heterocycles. The second-order valence-electron chi connectivity index (χ2n) is 22.6. The van der Waals surface area contributed by atoms with Crippen LogP contribution in [0.3, 0.4) is 0 Å². The number of anilines is 8. The van der Waals surface area contributed by atoms with Crippen molar-refractivity contribution in [1.29, 1.82) is 10.5 Å². The van der Waals surface area contributed by atoms with Gasteiger partial charge in [0.15, 0.2) is 5.16 Å². The number of nitrogens with zero attached hydrogens (tertiary/aromatic N) is 17. The van der Waals surface area contributed by atoms with Gasteiger partial charge in [0.2, 0.25) is 22.2 Å². The lowest BCUT2D eigenvalue weighted by atomic mass is 10.1. The zero-order chi connectivity index (χ0) is 75.2. The molecular formula is C63H63N19O17S6. The van der Waals surface area contributed by atoms with Crippen molar-refractivity contribution >= 4 is 168 Å². The maximum Gasteiger partial charge on any atom is 0.294 e. The highest BCUT2D eigenvalue weighted by Gasteiger charge is 2.41. The zero-order valence-electron chi connectivity index (χ0n) is 56.4. The van der Waals surface area contributed by atoms with Crippen LogP contribution in [0.2, 0.25) is 0 Å². The number of amides is 4. The number of imide groups is 2. The number of carbonyl (C=O) groups is 4. The van der Waals surface area contributed by atoms with E-state index in [0.29, 0.717) is 123 Å². The Morgan fingerprint density at radius 2 is 0.971 bits per heavy atom. The van der Waals surface area contributed by atoms with Crippen LogP contribution in [0, 0.1) is 22.7 Å². The highest BCUT2D eigenvalue weighted by molar-refractivity contribution is 8.00. The SMILES string of the molecule is CCN(CC)c1cc(Nc2nc(Nc3cc(N(CC)CC)c(OC)cc3N=Nc3nc(N4CCOCC4)c(/C=C(\C#N)N4C(=O)c5ccc(S(=O)(=O)O)cc5C4=O)s3)nc(SCCS(=O)(=O)O)n2)c(N=Nc2nc(N3CCOCC3)c(/C=C(\C#N)N3C(=O)c4ccc(S(=O)(=O)O)cc4C3=O)s2)cc1OC. The Kier molecular flexibility index (Phi) is 22.9. The van der Waals surface area contributed by atoms with Crippen LogP contribution in [0.25, 0.3) is 12.2 Å². The third-order valence-corrected chi connectivity index (χ3v) is 21.7. The van der Waals surface area contributed by atoms with Crippen molar-refractivity contribution in [2.75, 3.05) is 135 Å². The van der Waals surface area contributed by atoms with Crippen LogP contribution >= 0.6 is 34.4 Å². The van der Waals surface area contributed by atoms with E-state index in [1.807, 2.05) is 59.4 Å². The summed E-state index contributed by atoms with van der Waals surface area (Å²) in [6, 6.07) is 16.2. The minimum Gasteiger partial charge on any atom is -0.494 e. The van der Waals surface area contributed by atoms with Gasteiger partial charge in [-0.25, -0.2) is 9.80 Å². The largest absolute Gasteiger partial charge is 0.494 e. The predicted molar refractivity (Wildman–Crippen MR) is 386 cm³/mol. The quantitative estimate of drug-likeness (QED) is 0.0100. The number of methoxy groups -OCH3 is 2. The van der Waals surface area contributed by atoms with Gasteiger partial charge in [0.05, 0.1) is 111 Å².